The van der Waals surface area contributed by atoms with Crippen LogP contribution in [0.1, 0.15) is 36.0 Å². The minimum atomic E-state index is -0.933. The fourth-order valence-electron chi connectivity index (χ4n) is 2.03. The van der Waals surface area contributed by atoms with Crippen molar-refractivity contribution in [2.24, 2.45) is 0 Å². The van der Waals surface area contributed by atoms with Gasteiger partial charge in [0.25, 0.3) is 0 Å². The fraction of sp³-hybridized carbons (Fsp3) is 0.462. The highest BCUT2D eigenvalue weighted by molar-refractivity contribution is 5.87. The van der Waals surface area contributed by atoms with Crippen molar-refractivity contribution < 1.29 is 19.7 Å². The zero-order chi connectivity index (χ0) is 12.3. The molecule has 0 unspecified atom stereocenters. The first-order valence-electron chi connectivity index (χ1n) is 5.83. The lowest BCUT2D eigenvalue weighted by Crippen LogP contribution is -2.26. The molecule has 1 aliphatic carbocycles. The summed E-state index contributed by atoms with van der Waals surface area (Å²) in [5, 5.41) is 18.1. The Hall–Kier alpha value is -1.55. The summed E-state index contributed by atoms with van der Waals surface area (Å²) < 4.78 is 5.73. The maximum absolute atomic E-state index is 10.7. The van der Waals surface area contributed by atoms with Crippen molar-refractivity contribution >= 4 is 5.97 Å². The Morgan fingerprint density at radius 2 is 1.71 bits per heavy atom. The van der Waals surface area contributed by atoms with E-state index < -0.39 is 5.97 Å². The number of aliphatic hydroxyl groups is 1. The van der Waals surface area contributed by atoms with Crippen molar-refractivity contribution in [2.45, 2.75) is 37.9 Å². The molecule has 1 aromatic rings. The second-order valence-corrected chi connectivity index (χ2v) is 4.38. The first kappa shape index (κ1) is 11.9. The smallest absolute Gasteiger partial charge is 0.335 e. The van der Waals surface area contributed by atoms with E-state index >= 15 is 0 Å². The molecule has 4 nitrogen and oxygen atoms in total. The predicted molar refractivity (Wildman–Crippen MR) is 62.3 cm³/mol. The van der Waals surface area contributed by atoms with Crippen molar-refractivity contribution in [1.29, 1.82) is 0 Å². The summed E-state index contributed by atoms with van der Waals surface area (Å²) in [5.41, 5.74) is 0.261. The molecule has 0 heterocycles. The highest BCUT2D eigenvalue weighted by Crippen LogP contribution is 2.23. The number of aromatic carboxylic acids is 1. The van der Waals surface area contributed by atoms with Gasteiger partial charge in [-0.2, -0.15) is 0 Å². The van der Waals surface area contributed by atoms with Crippen LogP contribution in [-0.4, -0.2) is 28.4 Å². The van der Waals surface area contributed by atoms with Gasteiger partial charge >= 0.3 is 5.97 Å². The molecule has 0 amide bonds. The molecule has 1 aromatic carbocycles. The Labute approximate surface area is 99.8 Å². The number of hydrogen-bond donors (Lipinski definition) is 2. The summed E-state index contributed by atoms with van der Waals surface area (Å²) in [6.45, 7) is 0. The van der Waals surface area contributed by atoms with E-state index in [1.807, 2.05) is 0 Å². The Balaban J connectivity index is 1.92. The van der Waals surface area contributed by atoms with E-state index in [4.69, 9.17) is 9.84 Å². The lowest BCUT2D eigenvalue weighted by Gasteiger charge is -2.26. The second-order valence-electron chi connectivity index (χ2n) is 4.38. The van der Waals surface area contributed by atoms with Crippen molar-refractivity contribution in [1.82, 2.24) is 0 Å². The molecule has 17 heavy (non-hydrogen) atoms. The fourth-order valence-corrected chi connectivity index (χ4v) is 2.03. The van der Waals surface area contributed by atoms with E-state index in [0.29, 0.717) is 5.75 Å². The minimum Gasteiger partial charge on any atom is -0.490 e. The van der Waals surface area contributed by atoms with Gasteiger partial charge in [0.15, 0.2) is 0 Å². The number of benzene rings is 1. The largest absolute Gasteiger partial charge is 0.490 e. The number of hydrogen-bond acceptors (Lipinski definition) is 3. The van der Waals surface area contributed by atoms with Gasteiger partial charge in [0.1, 0.15) is 5.75 Å². The molecule has 0 radical (unpaired) electrons. The van der Waals surface area contributed by atoms with Gasteiger partial charge in [0.2, 0.25) is 0 Å². The molecular formula is C13H16O4. The van der Waals surface area contributed by atoms with E-state index in [9.17, 15) is 9.90 Å². The molecule has 0 bridgehead atoms. The molecule has 0 aliphatic heterocycles. The van der Waals surface area contributed by atoms with Gasteiger partial charge in [-0.25, -0.2) is 4.79 Å². The minimum absolute atomic E-state index is 0.133. The third kappa shape index (κ3) is 3.20. The van der Waals surface area contributed by atoms with Crippen LogP contribution < -0.4 is 4.74 Å². The Kier molecular flexibility index (Phi) is 3.64. The van der Waals surface area contributed by atoms with Gasteiger partial charge in [0, 0.05) is 0 Å². The summed E-state index contributed by atoms with van der Waals surface area (Å²) in [7, 11) is 0. The number of ether oxygens (including phenoxy) is 1. The molecular weight excluding hydrogens is 220 g/mol. The van der Waals surface area contributed by atoms with Crippen LogP contribution in [-0.2, 0) is 0 Å². The normalized spacial score (nSPS) is 24.3. The second kappa shape index (κ2) is 5.19. The maximum Gasteiger partial charge on any atom is 0.335 e. The van der Waals surface area contributed by atoms with E-state index in [0.717, 1.165) is 25.7 Å². The molecule has 0 spiro atoms. The van der Waals surface area contributed by atoms with Gasteiger partial charge in [-0.05, 0) is 49.9 Å². The Bertz CT molecular complexity index is 377. The van der Waals surface area contributed by atoms with Gasteiger partial charge in [-0.15, -0.1) is 0 Å². The zero-order valence-electron chi connectivity index (χ0n) is 9.50. The zero-order valence-corrected chi connectivity index (χ0v) is 9.50. The van der Waals surface area contributed by atoms with Gasteiger partial charge in [-0.3, -0.25) is 0 Å². The van der Waals surface area contributed by atoms with E-state index in [1.54, 1.807) is 12.1 Å². The first-order valence-corrected chi connectivity index (χ1v) is 5.83. The third-order valence-electron chi connectivity index (χ3n) is 3.05. The molecule has 2 rings (SSSR count). The number of rotatable bonds is 3. The highest BCUT2D eigenvalue weighted by Gasteiger charge is 2.20. The van der Waals surface area contributed by atoms with Crippen LogP contribution in [0.25, 0.3) is 0 Å². The van der Waals surface area contributed by atoms with Gasteiger partial charge < -0.3 is 14.9 Å². The molecule has 2 N–H and O–H groups in total. The van der Waals surface area contributed by atoms with Crippen molar-refractivity contribution in [3.05, 3.63) is 29.8 Å². The van der Waals surface area contributed by atoms with E-state index in [-0.39, 0.29) is 17.8 Å². The molecule has 4 heteroatoms. The molecule has 0 atom stereocenters. The van der Waals surface area contributed by atoms with E-state index in [1.165, 1.54) is 12.1 Å². The van der Waals surface area contributed by atoms with E-state index in [2.05, 4.69) is 0 Å². The van der Waals surface area contributed by atoms with Gasteiger partial charge in [0.05, 0.1) is 17.8 Å². The number of carboxylic acid groups (broad SMARTS) is 1. The lowest BCUT2D eigenvalue weighted by molar-refractivity contribution is 0.0662. The average molecular weight is 236 g/mol. The van der Waals surface area contributed by atoms with Crippen LogP contribution in [0.2, 0.25) is 0 Å². The molecule has 1 fully saturated rings. The number of carboxylic acids is 1. The van der Waals surface area contributed by atoms with Crippen LogP contribution in [0, 0.1) is 0 Å². The average Bonchev–Trinajstić information content (AvgIpc) is 2.33. The molecule has 0 saturated heterocycles. The highest BCUT2D eigenvalue weighted by atomic mass is 16.5. The molecule has 92 valence electrons. The lowest BCUT2D eigenvalue weighted by atomic mass is 9.95. The van der Waals surface area contributed by atoms with Crippen molar-refractivity contribution in [3.8, 4) is 5.75 Å². The molecule has 1 aliphatic rings. The molecule has 0 aromatic heterocycles. The van der Waals surface area contributed by atoms with Crippen LogP contribution in [0.15, 0.2) is 24.3 Å². The van der Waals surface area contributed by atoms with Crippen LogP contribution >= 0.6 is 0 Å². The van der Waals surface area contributed by atoms with Crippen molar-refractivity contribution in [3.63, 3.8) is 0 Å². The monoisotopic (exact) mass is 236 g/mol. The predicted octanol–water partition coefficient (Wildman–Crippen LogP) is 2.07. The first-order chi connectivity index (χ1) is 8.15. The summed E-state index contributed by atoms with van der Waals surface area (Å²) >= 11 is 0. The maximum atomic E-state index is 10.7. The third-order valence-corrected chi connectivity index (χ3v) is 3.05. The molecule has 1 saturated carbocycles. The SMILES string of the molecule is O=C(O)c1ccc(OC2CCC(O)CC2)cc1. The van der Waals surface area contributed by atoms with Gasteiger partial charge in [-0.1, -0.05) is 0 Å². The number of carbonyl (C=O) groups is 1. The van der Waals surface area contributed by atoms with Crippen LogP contribution in [0.3, 0.4) is 0 Å². The van der Waals surface area contributed by atoms with Crippen LogP contribution in [0.5, 0.6) is 5.75 Å². The number of aliphatic hydroxyl groups excluding tert-OH is 1. The standard InChI is InChI=1S/C13H16O4/c14-10-3-7-12(8-4-10)17-11-5-1-9(2-6-11)13(15)16/h1-2,5-6,10,12,14H,3-4,7-8H2,(H,15,16). The topological polar surface area (TPSA) is 66.8 Å². The summed E-state index contributed by atoms with van der Waals surface area (Å²) in [6, 6.07) is 6.42. The summed E-state index contributed by atoms with van der Waals surface area (Å²) in [6.07, 6.45) is 3.19. The quantitative estimate of drug-likeness (QED) is 0.843. The Morgan fingerprint density at radius 3 is 2.24 bits per heavy atom. The Morgan fingerprint density at radius 1 is 1.12 bits per heavy atom. The van der Waals surface area contributed by atoms with Crippen molar-refractivity contribution in [2.75, 3.05) is 0 Å². The van der Waals surface area contributed by atoms with Crippen LogP contribution in [0.4, 0.5) is 0 Å². The summed E-state index contributed by atoms with van der Waals surface area (Å²) in [4.78, 5) is 10.7. The summed E-state index contributed by atoms with van der Waals surface area (Å²) in [5.74, 6) is -0.242.